The summed E-state index contributed by atoms with van der Waals surface area (Å²) in [7, 11) is 1.70. The van der Waals surface area contributed by atoms with E-state index < -0.39 is 5.41 Å². The molecule has 1 amide bonds. The Kier molecular flexibility index (Phi) is 6.45. The van der Waals surface area contributed by atoms with E-state index in [1.807, 2.05) is 54.7 Å². The Morgan fingerprint density at radius 2 is 1.82 bits per heavy atom. The molecule has 1 aliphatic carbocycles. The first-order valence-corrected chi connectivity index (χ1v) is 13.2. The van der Waals surface area contributed by atoms with Crippen molar-refractivity contribution in [3.8, 4) is 17.2 Å². The SMILES string of the molecule is COc1ccccc1C(c1ccc(NC(=O)C2(c3ccc4c(c3)OCO4)CC2)nc1)N1CC(C)OC(C)C1. The summed E-state index contributed by atoms with van der Waals surface area (Å²) < 4.78 is 22.7. The van der Waals surface area contributed by atoms with Crippen molar-refractivity contribution in [1.29, 1.82) is 0 Å². The topological polar surface area (TPSA) is 82.2 Å². The lowest BCUT2D eigenvalue weighted by molar-refractivity contribution is -0.118. The van der Waals surface area contributed by atoms with Gasteiger partial charge in [-0.15, -0.1) is 0 Å². The number of rotatable bonds is 7. The third-order valence-corrected chi connectivity index (χ3v) is 7.70. The summed E-state index contributed by atoms with van der Waals surface area (Å²) in [5.41, 5.74) is 2.50. The van der Waals surface area contributed by atoms with Crippen LogP contribution in [0.15, 0.2) is 60.8 Å². The smallest absolute Gasteiger partial charge is 0.236 e. The number of amides is 1. The summed E-state index contributed by atoms with van der Waals surface area (Å²) >= 11 is 0. The lowest BCUT2D eigenvalue weighted by Gasteiger charge is -2.40. The van der Waals surface area contributed by atoms with Crippen molar-refractivity contribution in [1.82, 2.24) is 9.88 Å². The van der Waals surface area contributed by atoms with Crippen molar-refractivity contribution in [3.63, 3.8) is 0 Å². The number of carbonyl (C=O) groups is 1. The minimum atomic E-state index is -0.554. The summed E-state index contributed by atoms with van der Waals surface area (Å²) in [5, 5.41) is 3.05. The van der Waals surface area contributed by atoms with E-state index in [4.69, 9.17) is 18.9 Å². The number of morpholine rings is 1. The average molecular weight is 516 g/mol. The van der Waals surface area contributed by atoms with Crippen LogP contribution in [-0.4, -0.2) is 55.0 Å². The fourth-order valence-corrected chi connectivity index (χ4v) is 5.75. The van der Waals surface area contributed by atoms with Crippen LogP contribution in [0.1, 0.15) is 49.4 Å². The van der Waals surface area contributed by atoms with Crippen LogP contribution in [-0.2, 0) is 14.9 Å². The highest BCUT2D eigenvalue weighted by molar-refractivity contribution is 6.01. The van der Waals surface area contributed by atoms with Gasteiger partial charge in [-0.25, -0.2) is 4.98 Å². The molecule has 3 atom stereocenters. The largest absolute Gasteiger partial charge is 0.496 e. The summed E-state index contributed by atoms with van der Waals surface area (Å²) in [6.45, 7) is 6.01. The van der Waals surface area contributed by atoms with Crippen molar-refractivity contribution < 1.29 is 23.7 Å². The van der Waals surface area contributed by atoms with E-state index in [9.17, 15) is 4.79 Å². The van der Waals surface area contributed by atoms with E-state index in [0.717, 1.165) is 54.1 Å². The third-order valence-electron chi connectivity index (χ3n) is 7.70. The lowest BCUT2D eigenvalue weighted by atomic mass is 9.94. The number of aromatic nitrogens is 1. The predicted octanol–water partition coefficient (Wildman–Crippen LogP) is 4.69. The molecule has 198 valence electrons. The molecule has 3 aliphatic rings. The first kappa shape index (κ1) is 24.7. The maximum Gasteiger partial charge on any atom is 0.236 e. The van der Waals surface area contributed by atoms with E-state index in [0.29, 0.717) is 11.6 Å². The second-order valence-corrected chi connectivity index (χ2v) is 10.4. The van der Waals surface area contributed by atoms with Crippen LogP contribution in [0.5, 0.6) is 17.2 Å². The van der Waals surface area contributed by atoms with Crippen molar-refractivity contribution in [2.45, 2.75) is 50.4 Å². The maximum atomic E-state index is 13.4. The minimum absolute atomic E-state index is 0.0475. The van der Waals surface area contributed by atoms with E-state index in [1.54, 1.807) is 7.11 Å². The highest BCUT2D eigenvalue weighted by atomic mass is 16.7. The molecule has 0 spiro atoms. The van der Waals surface area contributed by atoms with Crippen LogP contribution in [0.4, 0.5) is 5.82 Å². The second-order valence-electron chi connectivity index (χ2n) is 10.4. The number of benzene rings is 2. The van der Waals surface area contributed by atoms with E-state index in [-0.39, 0.29) is 30.9 Å². The fourth-order valence-electron chi connectivity index (χ4n) is 5.75. The van der Waals surface area contributed by atoms with Gasteiger partial charge in [0.15, 0.2) is 11.5 Å². The van der Waals surface area contributed by atoms with Gasteiger partial charge in [0.1, 0.15) is 11.6 Å². The lowest BCUT2D eigenvalue weighted by Crippen LogP contribution is -2.47. The summed E-state index contributed by atoms with van der Waals surface area (Å²) in [5.74, 6) is 2.73. The van der Waals surface area contributed by atoms with E-state index >= 15 is 0 Å². The quantitative estimate of drug-likeness (QED) is 0.489. The second kappa shape index (κ2) is 9.93. The minimum Gasteiger partial charge on any atom is -0.496 e. The van der Waals surface area contributed by atoms with Gasteiger partial charge in [-0.05, 0) is 62.1 Å². The molecule has 8 heteroatoms. The number of carbonyl (C=O) groups excluding carboxylic acids is 1. The molecule has 6 rings (SSSR count). The van der Waals surface area contributed by atoms with Crippen molar-refractivity contribution in [2.75, 3.05) is 32.3 Å². The van der Waals surface area contributed by atoms with Crippen LogP contribution in [0.2, 0.25) is 0 Å². The molecule has 2 aliphatic heterocycles. The predicted molar refractivity (Wildman–Crippen MR) is 143 cm³/mol. The number of hydrogen-bond acceptors (Lipinski definition) is 7. The van der Waals surface area contributed by atoms with E-state index in [1.165, 1.54) is 0 Å². The van der Waals surface area contributed by atoms with Gasteiger partial charge in [-0.2, -0.15) is 0 Å². The average Bonchev–Trinajstić information content (AvgIpc) is 3.60. The number of nitrogens with one attached hydrogen (secondary N) is 1. The van der Waals surface area contributed by atoms with Crippen molar-refractivity contribution in [3.05, 3.63) is 77.5 Å². The Morgan fingerprint density at radius 3 is 2.53 bits per heavy atom. The van der Waals surface area contributed by atoms with Gasteiger partial charge < -0.3 is 24.3 Å². The monoisotopic (exact) mass is 515 g/mol. The Labute approximate surface area is 222 Å². The van der Waals surface area contributed by atoms with Gasteiger partial charge in [-0.1, -0.05) is 30.3 Å². The number of ether oxygens (including phenoxy) is 4. The highest BCUT2D eigenvalue weighted by Crippen LogP contribution is 2.51. The zero-order chi connectivity index (χ0) is 26.3. The van der Waals surface area contributed by atoms with Crippen LogP contribution >= 0.6 is 0 Å². The van der Waals surface area contributed by atoms with E-state index in [2.05, 4.69) is 35.1 Å². The third kappa shape index (κ3) is 4.59. The Hall–Kier alpha value is -3.62. The molecule has 1 saturated carbocycles. The molecule has 2 fully saturated rings. The zero-order valence-corrected chi connectivity index (χ0v) is 22.0. The Balaban J connectivity index is 1.25. The summed E-state index contributed by atoms with van der Waals surface area (Å²) in [4.78, 5) is 20.5. The van der Waals surface area contributed by atoms with Gasteiger partial charge in [-0.3, -0.25) is 9.69 Å². The summed E-state index contributed by atoms with van der Waals surface area (Å²) in [6, 6.07) is 17.7. The van der Waals surface area contributed by atoms with Gasteiger partial charge in [0.05, 0.1) is 30.8 Å². The van der Waals surface area contributed by atoms with Crippen LogP contribution in [0.25, 0.3) is 0 Å². The number of para-hydroxylation sites is 1. The summed E-state index contributed by atoms with van der Waals surface area (Å²) in [6.07, 6.45) is 3.68. The zero-order valence-electron chi connectivity index (χ0n) is 22.0. The Bertz CT molecular complexity index is 1310. The fraction of sp³-hybridized carbons (Fsp3) is 0.400. The van der Waals surface area contributed by atoms with Gasteiger partial charge in [0, 0.05) is 24.8 Å². The number of hydrogen-bond donors (Lipinski definition) is 1. The van der Waals surface area contributed by atoms with Crippen LogP contribution in [0.3, 0.4) is 0 Å². The Morgan fingerprint density at radius 1 is 1.05 bits per heavy atom. The number of nitrogens with zero attached hydrogens (tertiary/aromatic N) is 2. The molecule has 3 heterocycles. The molecule has 3 unspecified atom stereocenters. The maximum absolute atomic E-state index is 13.4. The van der Waals surface area contributed by atoms with Gasteiger partial charge in [0.2, 0.25) is 12.7 Å². The first-order chi connectivity index (χ1) is 18.5. The molecule has 38 heavy (non-hydrogen) atoms. The first-order valence-electron chi connectivity index (χ1n) is 13.2. The molecule has 8 nitrogen and oxygen atoms in total. The van der Waals surface area contributed by atoms with Crippen LogP contribution in [0, 0.1) is 0 Å². The number of anilines is 1. The molecule has 0 radical (unpaired) electrons. The molecule has 1 saturated heterocycles. The molecule has 1 N–H and O–H groups in total. The number of fused-ring (bicyclic) bond motifs is 1. The number of methoxy groups -OCH3 is 1. The van der Waals surface area contributed by atoms with Gasteiger partial charge in [0.25, 0.3) is 0 Å². The standard InChI is InChI=1S/C30H33N3O5/c1-19-16-33(17-20(2)38-19)28(23-6-4-5-7-24(23)35-3)21-8-11-27(31-15-21)32-29(34)30(12-13-30)22-9-10-25-26(14-22)37-18-36-25/h4-11,14-15,19-20,28H,12-13,16-18H2,1-3H3,(H,31,32,34). The van der Waals surface area contributed by atoms with Crippen LogP contribution < -0.4 is 19.5 Å². The van der Waals surface area contributed by atoms with Crippen molar-refractivity contribution in [2.24, 2.45) is 0 Å². The molecule has 1 aromatic heterocycles. The van der Waals surface area contributed by atoms with Gasteiger partial charge >= 0.3 is 0 Å². The normalized spacial score (nSPS) is 22.5. The molecule has 0 bridgehead atoms. The molecule has 2 aromatic carbocycles. The number of pyridine rings is 1. The highest BCUT2D eigenvalue weighted by Gasteiger charge is 2.51. The molecular formula is C30H33N3O5. The van der Waals surface area contributed by atoms with Crippen molar-refractivity contribution >= 4 is 11.7 Å². The molecular weight excluding hydrogens is 482 g/mol. The molecule has 3 aromatic rings.